The molecule has 0 bridgehead atoms. The van der Waals surface area contributed by atoms with Gasteiger partial charge in [-0.2, -0.15) is 0 Å². The molecule has 0 aliphatic carbocycles. The molecule has 1 aliphatic heterocycles. The number of benzene rings is 2. The number of hydrogen-bond acceptors (Lipinski definition) is 3. The lowest BCUT2D eigenvalue weighted by atomic mass is 10.0. The zero-order valence-electron chi connectivity index (χ0n) is 20.9. The summed E-state index contributed by atoms with van der Waals surface area (Å²) in [7, 11) is 0. The molecule has 0 aromatic heterocycles. The predicted molar refractivity (Wildman–Crippen MR) is 139 cm³/mol. The highest BCUT2D eigenvalue weighted by Crippen LogP contribution is 2.18. The molecule has 1 aliphatic rings. The van der Waals surface area contributed by atoms with Crippen molar-refractivity contribution in [3.05, 3.63) is 65.7 Å². The fourth-order valence-corrected chi connectivity index (χ4v) is 4.35. The van der Waals surface area contributed by atoms with Crippen molar-refractivity contribution >= 4 is 17.6 Å². The van der Waals surface area contributed by atoms with Gasteiger partial charge in [-0.25, -0.2) is 4.79 Å². The van der Waals surface area contributed by atoms with Crippen molar-refractivity contribution in [1.82, 2.24) is 15.1 Å². The van der Waals surface area contributed by atoms with Crippen LogP contribution in [-0.4, -0.2) is 54.0 Å². The van der Waals surface area contributed by atoms with Crippen molar-refractivity contribution in [2.45, 2.75) is 65.0 Å². The smallest absolute Gasteiger partial charge is 0.321 e. The number of nitrogens with zero attached hydrogens (tertiary/aromatic N) is 2. The van der Waals surface area contributed by atoms with Crippen molar-refractivity contribution < 1.29 is 9.59 Å². The lowest BCUT2D eigenvalue weighted by Crippen LogP contribution is -2.45. The Morgan fingerprint density at radius 2 is 1.68 bits per heavy atom. The van der Waals surface area contributed by atoms with E-state index < -0.39 is 0 Å². The fourth-order valence-electron chi connectivity index (χ4n) is 4.35. The van der Waals surface area contributed by atoms with Crippen LogP contribution in [0.15, 0.2) is 54.6 Å². The summed E-state index contributed by atoms with van der Waals surface area (Å²) in [5.74, 6) is 0.479. The summed E-state index contributed by atoms with van der Waals surface area (Å²) >= 11 is 0. The van der Waals surface area contributed by atoms with Gasteiger partial charge in [0.05, 0.1) is 0 Å². The van der Waals surface area contributed by atoms with Gasteiger partial charge >= 0.3 is 6.03 Å². The van der Waals surface area contributed by atoms with E-state index in [9.17, 15) is 9.59 Å². The second-order valence-corrected chi connectivity index (χ2v) is 9.55. The fraction of sp³-hybridized carbons (Fsp3) is 0.500. The van der Waals surface area contributed by atoms with Crippen molar-refractivity contribution in [3.8, 4) is 0 Å². The first-order chi connectivity index (χ1) is 16.4. The molecule has 6 heteroatoms. The highest BCUT2D eigenvalue weighted by molar-refractivity contribution is 5.89. The molecule has 1 fully saturated rings. The standard InChI is InChI=1S/C28H40N4O2/c1-4-17-32(28(34)30-25-12-10-24(11-13-25)22(2)3)20-16-27(33)29-26-14-18-31(19-15-26)21-23-8-6-5-7-9-23/h5-13,22,26H,4,14-21H2,1-3H3,(H,29,33)(H,30,34). The number of nitrogens with one attached hydrogen (secondary N) is 2. The highest BCUT2D eigenvalue weighted by atomic mass is 16.2. The quantitative estimate of drug-likeness (QED) is 0.506. The van der Waals surface area contributed by atoms with Crippen LogP contribution in [0.25, 0.3) is 0 Å². The van der Waals surface area contributed by atoms with Crippen LogP contribution in [0, 0.1) is 0 Å². The van der Waals surface area contributed by atoms with Gasteiger partial charge in [-0.3, -0.25) is 9.69 Å². The molecule has 3 amide bonds. The molecule has 2 aromatic rings. The summed E-state index contributed by atoms with van der Waals surface area (Å²) in [5.41, 5.74) is 3.35. The van der Waals surface area contributed by atoms with Gasteiger partial charge in [0.1, 0.15) is 0 Å². The van der Waals surface area contributed by atoms with E-state index in [1.54, 1.807) is 4.90 Å². The van der Waals surface area contributed by atoms with Gasteiger partial charge in [0.25, 0.3) is 0 Å². The summed E-state index contributed by atoms with van der Waals surface area (Å²) < 4.78 is 0. The number of carbonyl (C=O) groups excluding carboxylic acids is 2. The average Bonchev–Trinajstić information content (AvgIpc) is 2.84. The highest BCUT2D eigenvalue weighted by Gasteiger charge is 2.21. The lowest BCUT2D eigenvalue weighted by molar-refractivity contribution is -0.122. The maximum Gasteiger partial charge on any atom is 0.321 e. The predicted octanol–water partition coefficient (Wildman–Crippen LogP) is 5.22. The van der Waals surface area contributed by atoms with Crippen LogP contribution in [0.2, 0.25) is 0 Å². The molecular weight excluding hydrogens is 424 g/mol. The number of carbonyl (C=O) groups is 2. The Morgan fingerprint density at radius 3 is 2.29 bits per heavy atom. The summed E-state index contributed by atoms with van der Waals surface area (Å²) in [6.07, 6.45) is 3.10. The molecular formula is C28H40N4O2. The van der Waals surface area contributed by atoms with Crippen LogP contribution in [0.1, 0.15) is 63.5 Å². The van der Waals surface area contributed by atoms with Gasteiger partial charge < -0.3 is 15.5 Å². The summed E-state index contributed by atoms with van der Waals surface area (Å²) in [6.45, 7) is 10.3. The Hall–Kier alpha value is -2.86. The molecule has 2 aromatic carbocycles. The number of rotatable bonds is 10. The summed E-state index contributed by atoms with van der Waals surface area (Å²) in [6, 6.07) is 18.5. The lowest BCUT2D eigenvalue weighted by Gasteiger charge is -2.32. The van der Waals surface area contributed by atoms with Gasteiger partial charge in [-0.05, 0) is 48.4 Å². The molecule has 2 N–H and O–H groups in total. The average molecular weight is 465 g/mol. The summed E-state index contributed by atoms with van der Waals surface area (Å²) in [5, 5.41) is 6.15. The van der Waals surface area contributed by atoms with Gasteiger partial charge in [0, 0.05) is 50.9 Å². The van der Waals surface area contributed by atoms with Crippen LogP contribution in [0.3, 0.4) is 0 Å². The first-order valence-corrected chi connectivity index (χ1v) is 12.7. The van der Waals surface area contributed by atoms with E-state index in [-0.39, 0.29) is 18.0 Å². The maximum absolute atomic E-state index is 12.8. The largest absolute Gasteiger partial charge is 0.353 e. The maximum atomic E-state index is 12.8. The van der Waals surface area contributed by atoms with Crippen LogP contribution in [-0.2, 0) is 11.3 Å². The topological polar surface area (TPSA) is 64.7 Å². The van der Waals surface area contributed by atoms with Crippen molar-refractivity contribution in [1.29, 1.82) is 0 Å². The van der Waals surface area contributed by atoms with Gasteiger partial charge in [0.15, 0.2) is 0 Å². The molecule has 6 nitrogen and oxygen atoms in total. The molecule has 0 unspecified atom stereocenters. The Kier molecular flexibility index (Phi) is 9.95. The SMILES string of the molecule is CCCN(CCC(=O)NC1CCN(Cc2ccccc2)CC1)C(=O)Nc1ccc(C(C)C)cc1. The summed E-state index contributed by atoms with van der Waals surface area (Å²) in [4.78, 5) is 29.6. The van der Waals surface area contributed by atoms with Crippen LogP contribution in [0.5, 0.6) is 0 Å². The van der Waals surface area contributed by atoms with E-state index in [4.69, 9.17) is 0 Å². The molecule has 0 saturated carbocycles. The van der Waals surface area contributed by atoms with Crippen molar-refractivity contribution in [3.63, 3.8) is 0 Å². The van der Waals surface area contributed by atoms with E-state index >= 15 is 0 Å². The van der Waals surface area contributed by atoms with E-state index in [1.165, 1.54) is 11.1 Å². The number of amides is 3. The first kappa shape index (κ1) is 25.8. The molecule has 0 spiro atoms. The minimum absolute atomic E-state index is 0.0247. The van der Waals surface area contributed by atoms with E-state index in [0.29, 0.717) is 25.4 Å². The number of urea groups is 1. The van der Waals surface area contributed by atoms with Crippen LogP contribution < -0.4 is 10.6 Å². The van der Waals surface area contributed by atoms with E-state index in [2.05, 4.69) is 53.6 Å². The van der Waals surface area contributed by atoms with E-state index in [1.807, 2.05) is 37.3 Å². The zero-order valence-corrected chi connectivity index (χ0v) is 20.9. The molecule has 1 heterocycles. The van der Waals surface area contributed by atoms with Crippen molar-refractivity contribution in [2.75, 3.05) is 31.5 Å². The Morgan fingerprint density at radius 1 is 1.00 bits per heavy atom. The number of anilines is 1. The second kappa shape index (κ2) is 13.1. The van der Waals surface area contributed by atoms with Gasteiger partial charge in [-0.1, -0.05) is 63.2 Å². The molecule has 3 rings (SSSR count). The van der Waals surface area contributed by atoms with Crippen molar-refractivity contribution in [2.24, 2.45) is 0 Å². The van der Waals surface area contributed by atoms with Gasteiger partial charge in [0.2, 0.25) is 5.91 Å². The molecule has 34 heavy (non-hydrogen) atoms. The number of likely N-dealkylation sites (tertiary alicyclic amines) is 1. The minimum atomic E-state index is -0.152. The zero-order chi connectivity index (χ0) is 24.3. The molecule has 0 radical (unpaired) electrons. The normalized spacial score (nSPS) is 14.7. The Bertz CT molecular complexity index is 890. The van der Waals surface area contributed by atoms with Crippen LogP contribution >= 0.6 is 0 Å². The van der Waals surface area contributed by atoms with Gasteiger partial charge in [-0.15, -0.1) is 0 Å². The molecule has 1 saturated heterocycles. The number of piperidine rings is 1. The monoisotopic (exact) mass is 464 g/mol. The minimum Gasteiger partial charge on any atom is -0.353 e. The van der Waals surface area contributed by atoms with Crippen LogP contribution in [0.4, 0.5) is 10.5 Å². The third-order valence-corrected chi connectivity index (χ3v) is 6.42. The number of hydrogen-bond donors (Lipinski definition) is 2. The molecule has 184 valence electrons. The third kappa shape index (κ3) is 8.17. The molecule has 0 atom stereocenters. The Labute approximate surface area is 204 Å². The second-order valence-electron chi connectivity index (χ2n) is 9.55. The van der Waals surface area contributed by atoms with E-state index in [0.717, 1.165) is 44.6 Å². The first-order valence-electron chi connectivity index (χ1n) is 12.7. The Balaban J connectivity index is 1.40. The third-order valence-electron chi connectivity index (χ3n) is 6.42.